The Bertz CT molecular complexity index is 1410. The van der Waals surface area contributed by atoms with Gasteiger partial charge in [-0.05, 0) is 55.5 Å². The van der Waals surface area contributed by atoms with Crippen LogP contribution < -0.4 is 20.3 Å². The highest BCUT2D eigenvalue weighted by molar-refractivity contribution is 8.26. The standard InChI is InChI=1S/C29H34N4O4S2/c1-5-8-9-19(6-2)16-33-28(35)25(39-29(33)38)13-21-18(4)22(14-30)27(34)32(7-3)26(21)31-15-20-10-11-23-24(12-20)37-17-36-23/h10-13,19,31H,5-9,15-17H2,1-4H3/b25-13+. The van der Waals surface area contributed by atoms with Crippen LogP contribution in [0.1, 0.15) is 68.7 Å². The van der Waals surface area contributed by atoms with E-state index in [1.54, 1.807) is 22.5 Å². The molecule has 10 heteroatoms. The van der Waals surface area contributed by atoms with Gasteiger partial charge >= 0.3 is 0 Å². The summed E-state index contributed by atoms with van der Waals surface area (Å²) in [4.78, 5) is 28.9. The summed E-state index contributed by atoms with van der Waals surface area (Å²) in [7, 11) is 0. The Labute approximate surface area is 239 Å². The van der Waals surface area contributed by atoms with Crippen molar-refractivity contribution in [1.29, 1.82) is 5.26 Å². The van der Waals surface area contributed by atoms with Crippen LogP contribution in [0.2, 0.25) is 0 Å². The molecule has 1 saturated heterocycles. The van der Waals surface area contributed by atoms with Crippen molar-refractivity contribution in [2.24, 2.45) is 5.92 Å². The average Bonchev–Trinajstić information content (AvgIpc) is 3.50. The van der Waals surface area contributed by atoms with Gasteiger partial charge in [0, 0.05) is 25.2 Å². The predicted molar refractivity (Wildman–Crippen MR) is 159 cm³/mol. The Morgan fingerprint density at radius 3 is 2.69 bits per heavy atom. The number of hydrogen-bond donors (Lipinski definition) is 1. The normalized spacial score (nSPS) is 16.2. The first-order valence-corrected chi connectivity index (χ1v) is 14.6. The highest BCUT2D eigenvalue weighted by Crippen LogP contribution is 2.37. The van der Waals surface area contributed by atoms with Gasteiger partial charge in [0.2, 0.25) is 6.79 Å². The molecule has 8 nitrogen and oxygen atoms in total. The van der Waals surface area contributed by atoms with Crippen molar-refractivity contribution >= 4 is 46.1 Å². The smallest absolute Gasteiger partial charge is 0.270 e. The number of thiocarbonyl (C=S) groups is 1. The third kappa shape index (κ3) is 5.99. The van der Waals surface area contributed by atoms with E-state index in [2.05, 4.69) is 25.2 Å². The lowest BCUT2D eigenvalue weighted by Gasteiger charge is -2.22. The van der Waals surface area contributed by atoms with Crippen molar-refractivity contribution in [2.45, 2.75) is 66.5 Å². The number of anilines is 1. The lowest BCUT2D eigenvalue weighted by molar-refractivity contribution is -0.122. The summed E-state index contributed by atoms with van der Waals surface area (Å²) in [6, 6.07) is 7.75. The van der Waals surface area contributed by atoms with Crippen molar-refractivity contribution in [1.82, 2.24) is 9.47 Å². The molecule has 1 unspecified atom stereocenters. The number of fused-ring (bicyclic) bond motifs is 1. The Kier molecular flexibility index (Phi) is 9.36. The van der Waals surface area contributed by atoms with Crippen molar-refractivity contribution in [2.75, 3.05) is 18.7 Å². The minimum Gasteiger partial charge on any atom is -0.454 e. The summed E-state index contributed by atoms with van der Waals surface area (Å²) in [5, 5.41) is 13.2. The Morgan fingerprint density at radius 1 is 1.23 bits per heavy atom. The van der Waals surface area contributed by atoms with Gasteiger partial charge in [-0.2, -0.15) is 5.26 Å². The number of hydrogen-bond acceptors (Lipinski definition) is 8. The summed E-state index contributed by atoms with van der Waals surface area (Å²) in [6.45, 7) is 9.46. The molecule has 1 fully saturated rings. The van der Waals surface area contributed by atoms with Crippen LogP contribution in [0.4, 0.5) is 5.82 Å². The van der Waals surface area contributed by atoms with E-state index < -0.39 is 0 Å². The molecule has 1 aromatic heterocycles. The third-order valence-corrected chi connectivity index (χ3v) is 8.60. The van der Waals surface area contributed by atoms with E-state index >= 15 is 0 Å². The molecular weight excluding hydrogens is 532 g/mol. The maximum absolute atomic E-state index is 13.5. The molecule has 4 rings (SSSR count). The SMILES string of the molecule is CCCCC(CC)CN1C(=O)/C(=C\c2c(C)c(C#N)c(=O)n(CC)c2NCc2ccc3c(c2)OCO3)SC1=S. The van der Waals surface area contributed by atoms with Gasteiger partial charge in [0.1, 0.15) is 21.8 Å². The van der Waals surface area contributed by atoms with Crippen molar-refractivity contribution in [3.8, 4) is 17.6 Å². The number of nitrogens with one attached hydrogen (secondary N) is 1. The second kappa shape index (κ2) is 12.7. The molecule has 2 aliphatic heterocycles. The van der Waals surface area contributed by atoms with Crippen LogP contribution in [0.3, 0.4) is 0 Å². The molecule has 0 saturated carbocycles. The molecule has 3 heterocycles. The lowest BCUT2D eigenvalue weighted by Crippen LogP contribution is -2.33. The number of rotatable bonds is 11. The van der Waals surface area contributed by atoms with E-state index in [0.717, 1.165) is 31.2 Å². The Balaban J connectivity index is 1.70. The number of nitriles is 1. The number of nitrogens with zero attached hydrogens (tertiary/aromatic N) is 3. The van der Waals surface area contributed by atoms with Gasteiger partial charge in [-0.3, -0.25) is 19.1 Å². The zero-order valence-electron chi connectivity index (χ0n) is 22.8. The lowest BCUT2D eigenvalue weighted by atomic mass is 9.99. The second-order valence-corrected chi connectivity index (χ2v) is 11.3. The molecule has 0 spiro atoms. The first-order chi connectivity index (χ1) is 18.8. The molecule has 2 aromatic rings. The molecule has 1 amide bonds. The molecule has 0 radical (unpaired) electrons. The number of amides is 1. The van der Waals surface area contributed by atoms with E-state index in [1.807, 2.05) is 25.1 Å². The van der Waals surface area contributed by atoms with Gasteiger partial charge in [0.15, 0.2) is 11.5 Å². The first-order valence-electron chi connectivity index (χ1n) is 13.4. The van der Waals surface area contributed by atoms with Crippen LogP contribution >= 0.6 is 24.0 Å². The average molecular weight is 567 g/mol. The van der Waals surface area contributed by atoms with E-state index in [0.29, 0.717) is 63.2 Å². The Morgan fingerprint density at radius 2 is 2.00 bits per heavy atom. The van der Waals surface area contributed by atoms with Crippen LogP contribution in [-0.2, 0) is 17.9 Å². The number of thioether (sulfide) groups is 1. The third-order valence-electron chi connectivity index (χ3n) is 7.22. The number of benzene rings is 1. The number of pyridine rings is 1. The number of aromatic nitrogens is 1. The van der Waals surface area contributed by atoms with Gasteiger partial charge in [0.05, 0.1) is 4.91 Å². The molecule has 0 bridgehead atoms. The summed E-state index contributed by atoms with van der Waals surface area (Å²) in [5.41, 5.74) is 1.80. The minimum atomic E-state index is -0.364. The highest BCUT2D eigenvalue weighted by atomic mass is 32.2. The van der Waals surface area contributed by atoms with Gasteiger partial charge < -0.3 is 14.8 Å². The van der Waals surface area contributed by atoms with Crippen LogP contribution in [0, 0.1) is 24.2 Å². The maximum atomic E-state index is 13.5. The summed E-state index contributed by atoms with van der Waals surface area (Å²) < 4.78 is 13.0. The number of carbonyl (C=O) groups is 1. The predicted octanol–water partition coefficient (Wildman–Crippen LogP) is 5.81. The fourth-order valence-corrected chi connectivity index (χ4v) is 6.11. The highest BCUT2D eigenvalue weighted by Gasteiger charge is 2.34. The quantitative estimate of drug-likeness (QED) is 0.269. The van der Waals surface area contributed by atoms with E-state index in [9.17, 15) is 14.9 Å². The van der Waals surface area contributed by atoms with Crippen molar-refractivity contribution in [3.63, 3.8) is 0 Å². The molecular formula is C29H34N4O4S2. The van der Waals surface area contributed by atoms with Crippen molar-refractivity contribution in [3.05, 3.63) is 55.7 Å². The second-order valence-electron chi connectivity index (χ2n) is 9.67. The number of unbranched alkanes of at least 4 members (excludes halogenated alkanes) is 1. The maximum Gasteiger partial charge on any atom is 0.270 e. The zero-order valence-corrected chi connectivity index (χ0v) is 24.5. The van der Waals surface area contributed by atoms with E-state index in [4.69, 9.17) is 21.7 Å². The molecule has 1 atom stereocenters. The summed E-state index contributed by atoms with van der Waals surface area (Å²) in [6.07, 6.45) is 6.05. The molecule has 0 aliphatic carbocycles. The van der Waals surface area contributed by atoms with Crippen LogP contribution in [0.5, 0.6) is 11.5 Å². The molecule has 206 valence electrons. The molecule has 39 heavy (non-hydrogen) atoms. The van der Waals surface area contributed by atoms with E-state index in [-0.39, 0.29) is 23.8 Å². The fourth-order valence-electron chi connectivity index (χ4n) is 4.86. The van der Waals surface area contributed by atoms with Gasteiger partial charge in [-0.15, -0.1) is 0 Å². The monoisotopic (exact) mass is 566 g/mol. The largest absolute Gasteiger partial charge is 0.454 e. The fraction of sp³-hybridized carbons (Fsp3) is 0.448. The molecule has 1 N–H and O–H groups in total. The number of carbonyl (C=O) groups excluding carboxylic acids is 1. The molecule has 2 aliphatic rings. The minimum absolute atomic E-state index is 0.0674. The van der Waals surface area contributed by atoms with Crippen LogP contribution in [0.25, 0.3) is 6.08 Å². The van der Waals surface area contributed by atoms with Gasteiger partial charge in [0.25, 0.3) is 11.5 Å². The van der Waals surface area contributed by atoms with Gasteiger partial charge in [-0.1, -0.05) is 63.2 Å². The topological polar surface area (TPSA) is 96.6 Å². The van der Waals surface area contributed by atoms with Gasteiger partial charge in [-0.25, -0.2) is 0 Å². The van der Waals surface area contributed by atoms with Crippen molar-refractivity contribution < 1.29 is 14.3 Å². The summed E-state index contributed by atoms with van der Waals surface area (Å²) >= 11 is 6.88. The first kappa shape index (κ1) is 28.7. The Hall–Kier alpha value is -3.29. The zero-order chi connectivity index (χ0) is 28.1. The van der Waals surface area contributed by atoms with Crippen LogP contribution in [0.15, 0.2) is 27.9 Å². The molecule has 1 aromatic carbocycles. The number of ether oxygens (including phenoxy) is 2. The van der Waals surface area contributed by atoms with E-state index in [1.165, 1.54) is 11.8 Å². The summed E-state index contributed by atoms with van der Waals surface area (Å²) in [5.74, 6) is 2.18. The van der Waals surface area contributed by atoms with Crippen LogP contribution in [-0.4, -0.2) is 33.0 Å².